The summed E-state index contributed by atoms with van der Waals surface area (Å²) in [6.45, 7) is 5.02. The van der Waals surface area contributed by atoms with Crippen molar-refractivity contribution in [1.82, 2.24) is 9.97 Å². The molecule has 0 saturated heterocycles. The molecule has 0 aliphatic heterocycles. The molecule has 1 aromatic rings. The average Bonchev–Trinajstić information content (AvgIpc) is 3.06. The molecule has 1 saturated carbocycles. The Morgan fingerprint density at radius 1 is 1.35 bits per heavy atom. The lowest BCUT2D eigenvalue weighted by molar-refractivity contribution is 0.305. The predicted molar refractivity (Wildman–Crippen MR) is 68.2 cm³/mol. The highest BCUT2D eigenvalue weighted by Gasteiger charge is 2.36. The fourth-order valence-corrected chi connectivity index (χ4v) is 2.01. The first-order chi connectivity index (χ1) is 8.33. The fourth-order valence-electron chi connectivity index (χ4n) is 2.01. The third kappa shape index (κ3) is 3.58. The van der Waals surface area contributed by atoms with Crippen LogP contribution in [0.4, 0.5) is 5.82 Å². The van der Waals surface area contributed by atoms with Gasteiger partial charge >= 0.3 is 0 Å². The van der Waals surface area contributed by atoms with Crippen molar-refractivity contribution in [3.63, 3.8) is 0 Å². The van der Waals surface area contributed by atoms with Gasteiger partial charge < -0.3 is 10.1 Å². The van der Waals surface area contributed by atoms with Crippen molar-refractivity contribution in [2.24, 2.45) is 5.92 Å². The zero-order chi connectivity index (χ0) is 12.1. The van der Waals surface area contributed by atoms with Gasteiger partial charge in [-0.3, -0.25) is 0 Å². The first-order valence-corrected chi connectivity index (χ1v) is 6.54. The highest BCUT2D eigenvalue weighted by molar-refractivity contribution is 5.39. The van der Waals surface area contributed by atoms with Crippen LogP contribution >= 0.6 is 0 Å². The zero-order valence-electron chi connectivity index (χ0n) is 10.6. The molecule has 94 valence electrons. The minimum absolute atomic E-state index is 0.601. The van der Waals surface area contributed by atoms with Crippen molar-refractivity contribution in [2.75, 3.05) is 11.9 Å². The molecule has 0 aromatic carbocycles. The lowest BCUT2D eigenvalue weighted by Gasteiger charge is -2.07. The third-order valence-electron chi connectivity index (χ3n) is 3.01. The van der Waals surface area contributed by atoms with Gasteiger partial charge in [-0.05, 0) is 25.2 Å². The van der Waals surface area contributed by atoms with Crippen molar-refractivity contribution >= 4 is 5.82 Å². The van der Waals surface area contributed by atoms with Crippen LogP contribution in [0.15, 0.2) is 12.4 Å². The molecule has 2 unspecified atom stereocenters. The van der Waals surface area contributed by atoms with Gasteiger partial charge in [0.2, 0.25) is 5.88 Å². The Bertz CT molecular complexity index is 356. The van der Waals surface area contributed by atoms with Crippen LogP contribution < -0.4 is 10.1 Å². The summed E-state index contributed by atoms with van der Waals surface area (Å²) in [6.07, 6.45) is 6.39. The van der Waals surface area contributed by atoms with Crippen LogP contribution in [0.3, 0.4) is 0 Å². The van der Waals surface area contributed by atoms with E-state index in [1.165, 1.54) is 19.3 Å². The zero-order valence-corrected chi connectivity index (χ0v) is 10.6. The Morgan fingerprint density at radius 3 is 3.00 bits per heavy atom. The number of ether oxygens (including phenoxy) is 1. The third-order valence-corrected chi connectivity index (χ3v) is 3.01. The van der Waals surface area contributed by atoms with Gasteiger partial charge in [0.25, 0.3) is 0 Å². The molecule has 1 aliphatic carbocycles. The highest BCUT2D eigenvalue weighted by Crippen LogP contribution is 2.36. The van der Waals surface area contributed by atoms with Gasteiger partial charge in [-0.15, -0.1) is 0 Å². The quantitative estimate of drug-likeness (QED) is 0.789. The van der Waals surface area contributed by atoms with E-state index in [4.69, 9.17) is 4.74 Å². The van der Waals surface area contributed by atoms with Gasteiger partial charge in [-0.25, -0.2) is 9.97 Å². The lowest BCUT2D eigenvalue weighted by Crippen LogP contribution is -2.07. The fraction of sp³-hybridized carbons (Fsp3) is 0.692. The van der Waals surface area contributed by atoms with Crippen LogP contribution in [0.5, 0.6) is 5.88 Å². The monoisotopic (exact) mass is 235 g/mol. The molecule has 4 heteroatoms. The molecule has 4 nitrogen and oxygen atoms in total. The maximum atomic E-state index is 5.48. The molecule has 1 N–H and O–H groups in total. The molecule has 1 fully saturated rings. The second kappa shape index (κ2) is 5.84. The summed E-state index contributed by atoms with van der Waals surface area (Å²) in [5.41, 5.74) is 0. The molecule has 0 radical (unpaired) electrons. The smallest absolute Gasteiger partial charge is 0.218 e. The van der Waals surface area contributed by atoms with Crippen LogP contribution in [0.2, 0.25) is 0 Å². The van der Waals surface area contributed by atoms with E-state index in [2.05, 4.69) is 29.1 Å². The first kappa shape index (κ1) is 12.1. The van der Waals surface area contributed by atoms with Gasteiger partial charge in [0.1, 0.15) is 12.1 Å². The van der Waals surface area contributed by atoms with E-state index in [0.717, 1.165) is 18.2 Å². The highest BCUT2D eigenvalue weighted by atomic mass is 16.5. The summed E-state index contributed by atoms with van der Waals surface area (Å²) in [5.74, 6) is 2.38. The number of nitrogens with zero attached hydrogens (tertiary/aromatic N) is 2. The predicted octanol–water partition coefficient (Wildman–Crippen LogP) is 2.87. The number of aromatic nitrogens is 2. The van der Waals surface area contributed by atoms with Gasteiger partial charge in [0.15, 0.2) is 0 Å². The second-order valence-electron chi connectivity index (χ2n) is 4.63. The molecule has 1 heterocycles. The van der Waals surface area contributed by atoms with E-state index in [1.807, 2.05) is 6.07 Å². The van der Waals surface area contributed by atoms with Crippen LogP contribution in [0.25, 0.3) is 0 Å². The number of rotatable bonds is 7. The molecule has 2 rings (SSSR count). The maximum absolute atomic E-state index is 5.48. The minimum Gasteiger partial charge on any atom is -0.478 e. The Hall–Kier alpha value is -1.32. The molecule has 17 heavy (non-hydrogen) atoms. The Kier molecular flexibility index (Phi) is 4.18. The van der Waals surface area contributed by atoms with Gasteiger partial charge in [0.05, 0.1) is 6.61 Å². The SMILES string of the molecule is CCCOc1cc(NC2CC2CCC)ncn1. The summed E-state index contributed by atoms with van der Waals surface area (Å²) in [7, 11) is 0. The normalized spacial score (nSPS) is 22.2. The van der Waals surface area contributed by atoms with Gasteiger partial charge in [0, 0.05) is 12.1 Å². The molecule has 0 bridgehead atoms. The van der Waals surface area contributed by atoms with E-state index < -0.39 is 0 Å². The van der Waals surface area contributed by atoms with Crippen molar-refractivity contribution in [3.05, 3.63) is 12.4 Å². The standard InChI is InChI=1S/C13H21N3O/c1-3-5-10-7-11(10)16-12-8-13(15-9-14-12)17-6-4-2/h8-11H,3-7H2,1-2H3,(H,14,15,16). The van der Waals surface area contributed by atoms with Gasteiger partial charge in [-0.2, -0.15) is 0 Å². The van der Waals surface area contributed by atoms with Gasteiger partial charge in [-0.1, -0.05) is 20.3 Å². The molecular weight excluding hydrogens is 214 g/mol. The molecular formula is C13H21N3O. The van der Waals surface area contributed by atoms with Crippen molar-refractivity contribution in [1.29, 1.82) is 0 Å². The summed E-state index contributed by atoms with van der Waals surface area (Å²) >= 11 is 0. The largest absolute Gasteiger partial charge is 0.478 e. The lowest BCUT2D eigenvalue weighted by atomic mass is 10.2. The number of hydrogen-bond donors (Lipinski definition) is 1. The van der Waals surface area contributed by atoms with E-state index in [0.29, 0.717) is 18.5 Å². The van der Waals surface area contributed by atoms with Crippen LogP contribution in [0, 0.1) is 5.92 Å². The maximum Gasteiger partial charge on any atom is 0.218 e. The van der Waals surface area contributed by atoms with E-state index in [9.17, 15) is 0 Å². The van der Waals surface area contributed by atoms with Crippen LogP contribution in [-0.4, -0.2) is 22.6 Å². The minimum atomic E-state index is 0.601. The number of anilines is 1. The van der Waals surface area contributed by atoms with Crippen molar-refractivity contribution in [3.8, 4) is 5.88 Å². The van der Waals surface area contributed by atoms with Crippen molar-refractivity contribution in [2.45, 2.75) is 45.6 Å². The molecule has 0 amide bonds. The first-order valence-electron chi connectivity index (χ1n) is 6.54. The summed E-state index contributed by atoms with van der Waals surface area (Å²) in [4.78, 5) is 8.31. The summed E-state index contributed by atoms with van der Waals surface area (Å²) in [5, 5.41) is 3.44. The number of hydrogen-bond acceptors (Lipinski definition) is 4. The van der Waals surface area contributed by atoms with E-state index >= 15 is 0 Å². The Morgan fingerprint density at radius 2 is 2.24 bits per heavy atom. The van der Waals surface area contributed by atoms with E-state index in [1.54, 1.807) is 6.33 Å². The second-order valence-corrected chi connectivity index (χ2v) is 4.63. The molecule has 0 spiro atoms. The van der Waals surface area contributed by atoms with Crippen molar-refractivity contribution < 1.29 is 4.74 Å². The Labute approximate surface area is 103 Å². The molecule has 1 aliphatic rings. The average molecular weight is 235 g/mol. The summed E-state index contributed by atoms with van der Waals surface area (Å²) < 4.78 is 5.48. The summed E-state index contributed by atoms with van der Waals surface area (Å²) in [6, 6.07) is 2.49. The molecule has 1 aromatic heterocycles. The number of nitrogens with one attached hydrogen (secondary N) is 1. The molecule has 2 atom stereocenters. The topological polar surface area (TPSA) is 47.0 Å². The van der Waals surface area contributed by atoms with Crippen LogP contribution in [-0.2, 0) is 0 Å². The van der Waals surface area contributed by atoms with Crippen LogP contribution in [0.1, 0.15) is 39.5 Å². The Balaban J connectivity index is 1.84. The van der Waals surface area contributed by atoms with E-state index in [-0.39, 0.29) is 0 Å².